The first-order valence-electron chi connectivity index (χ1n) is 8.93. The number of hydrogen-bond donors (Lipinski definition) is 1. The highest BCUT2D eigenvalue weighted by atomic mass is 19.4. The molecule has 1 aliphatic heterocycles. The number of aromatic nitrogens is 3. The van der Waals surface area contributed by atoms with Crippen molar-refractivity contribution in [3.05, 3.63) is 81.3 Å². The van der Waals surface area contributed by atoms with Crippen molar-refractivity contribution in [2.24, 2.45) is 0 Å². The number of alkyl halides is 3. The molecular formula is C20H16F4N4O. The van der Waals surface area contributed by atoms with Gasteiger partial charge in [-0.15, -0.1) is 0 Å². The molecule has 0 atom stereocenters. The van der Waals surface area contributed by atoms with Crippen LogP contribution in [0.1, 0.15) is 22.5 Å². The number of aromatic amines is 1. The maximum Gasteiger partial charge on any atom is 0.416 e. The van der Waals surface area contributed by atoms with E-state index in [-0.39, 0.29) is 17.9 Å². The van der Waals surface area contributed by atoms with Gasteiger partial charge in [-0.2, -0.15) is 13.2 Å². The standard InChI is InChI=1S/C20H16F4N4O/c21-15-2-1-8-25-17(15)11-28-9-7-16-14(10-28)19(29)27-18(26-16)12-3-5-13(6-4-12)20(22,23)24/h1-6,8H,7,9-11H2,(H,26,27,29). The van der Waals surface area contributed by atoms with Crippen LogP contribution in [0.25, 0.3) is 11.4 Å². The van der Waals surface area contributed by atoms with Gasteiger partial charge >= 0.3 is 6.18 Å². The van der Waals surface area contributed by atoms with E-state index in [0.717, 1.165) is 12.1 Å². The predicted molar refractivity (Wildman–Crippen MR) is 97.3 cm³/mol. The molecule has 0 saturated heterocycles. The van der Waals surface area contributed by atoms with Crippen LogP contribution in [0.2, 0.25) is 0 Å². The van der Waals surface area contributed by atoms with Gasteiger partial charge in [-0.1, -0.05) is 12.1 Å². The lowest BCUT2D eigenvalue weighted by molar-refractivity contribution is -0.137. The Morgan fingerprint density at radius 3 is 2.59 bits per heavy atom. The van der Waals surface area contributed by atoms with E-state index >= 15 is 0 Å². The van der Waals surface area contributed by atoms with E-state index in [1.807, 2.05) is 4.90 Å². The second kappa shape index (κ2) is 7.40. The van der Waals surface area contributed by atoms with Gasteiger partial charge in [-0.05, 0) is 24.3 Å². The highest BCUT2D eigenvalue weighted by Crippen LogP contribution is 2.30. The second-order valence-corrected chi connectivity index (χ2v) is 6.81. The molecule has 0 spiro atoms. The van der Waals surface area contributed by atoms with Crippen LogP contribution < -0.4 is 5.56 Å². The summed E-state index contributed by atoms with van der Waals surface area (Å²) in [5.41, 5.74) is 0.664. The Hall–Kier alpha value is -3.07. The highest BCUT2D eigenvalue weighted by Gasteiger charge is 2.30. The van der Waals surface area contributed by atoms with Crippen molar-refractivity contribution in [3.8, 4) is 11.4 Å². The summed E-state index contributed by atoms with van der Waals surface area (Å²) in [7, 11) is 0. The Kier molecular flexibility index (Phi) is 4.91. The maximum absolute atomic E-state index is 13.8. The molecule has 0 radical (unpaired) electrons. The smallest absolute Gasteiger partial charge is 0.306 e. The number of hydrogen-bond acceptors (Lipinski definition) is 4. The first-order valence-corrected chi connectivity index (χ1v) is 8.93. The molecule has 29 heavy (non-hydrogen) atoms. The molecule has 150 valence electrons. The van der Waals surface area contributed by atoms with Crippen LogP contribution in [-0.4, -0.2) is 26.4 Å². The minimum absolute atomic E-state index is 0.228. The molecule has 1 N–H and O–H groups in total. The molecule has 9 heteroatoms. The minimum atomic E-state index is -4.42. The third kappa shape index (κ3) is 4.04. The Morgan fingerprint density at radius 2 is 1.90 bits per heavy atom. The normalized spacial score (nSPS) is 14.6. The summed E-state index contributed by atoms with van der Waals surface area (Å²) in [6.07, 6.45) is -2.44. The summed E-state index contributed by atoms with van der Waals surface area (Å²) in [6.45, 7) is 1.12. The summed E-state index contributed by atoms with van der Waals surface area (Å²) in [5, 5.41) is 0. The average Bonchev–Trinajstić information content (AvgIpc) is 2.69. The van der Waals surface area contributed by atoms with E-state index in [9.17, 15) is 22.4 Å². The van der Waals surface area contributed by atoms with Gasteiger partial charge in [0.05, 0.1) is 22.5 Å². The van der Waals surface area contributed by atoms with E-state index in [1.54, 1.807) is 0 Å². The molecule has 3 aromatic rings. The summed E-state index contributed by atoms with van der Waals surface area (Å²) >= 11 is 0. The average molecular weight is 404 g/mol. The number of nitrogens with zero attached hydrogens (tertiary/aromatic N) is 3. The topological polar surface area (TPSA) is 61.9 Å². The monoisotopic (exact) mass is 404 g/mol. The number of rotatable bonds is 3. The molecule has 0 amide bonds. The van der Waals surface area contributed by atoms with E-state index in [0.29, 0.717) is 42.0 Å². The number of fused-ring (bicyclic) bond motifs is 1. The summed E-state index contributed by atoms with van der Waals surface area (Å²) in [4.78, 5) is 25.6. The van der Waals surface area contributed by atoms with Crippen molar-refractivity contribution in [1.82, 2.24) is 19.9 Å². The Labute approximate surface area is 163 Å². The van der Waals surface area contributed by atoms with Gasteiger partial charge < -0.3 is 4.98 Å². The van der Waals surface area contributed by atoms with E-state index in [2.05, 4.69) is 15.0 Å². The Balaban J connectivity index is 1.57. The molecule has 2 aromatic heterocycles. The maximum atomic E-state index is 13.8. The van der Waals surface area contributed by atoms with E-state index in [1.165, 1.54) is 30.5 Å². The van der Waals surface area contributed by atoms with Crippen molar-refractivity contribution in [2.75, 3.05) is 6.54 Å². The molecule has 4 rings (SSSR count). The summed E-state index contributed by atoms with van der Waals surface area (Å²) < 4.78 is 52.0. The van der Waals surface area contributed by atoms with Crippen molar-refractivity contribution in [1.29, 1.82) is 0 Å². The highest BCUT2D eigenvalue weighted by molar-refractivity contribution is 5.56. The Bertz CT molecular complexity index is 1090. The van der Waals surface area contributed by atoms with Gasteiger partial charge in [0, 0.05) is 37.8 Å². The number of benzene rings is 1. The van der Waals surface area contributed by atoms with Crippen LogP contribution >= 0.6 is 0 Å². The van der Waals surface area contributed by atoms with E-state index < -0.39 is 17.6 Å². The predicted octanol–water partition coefficient (Wildman–Crippen LogP) is 3.55. The zero-order chi connectivity index (χ0) is 20.6. The van der Waals surface area contributed by atoms with E-state index in [4.69, 9.17) is 0 Å². The zero-order valence-corrected chi connectivity index (χ0v) is 15.1. The first-order chi connectivity index (χ1) is 13.8. The van der Waals surface area contributed by atoms with Crippen molar-refractivity contribution >= 4 is 0 Å². The molecule has 1 aliphatic rings. The van der Waals surface area contributed by atoms with Gasteiger partial charge in [0.1, 0.15) is 11.6 Å². The van der Waals surface area contributed by atoms with Crippen LogP contribution in [-0.2, 0) is 25.7 Å². The number of H-pyrrole nitrogens is 1. The fourth-order valence-corrected chi connectivity index (χ4v) is 3.32. The Morgan fingerprint density at radius 1 is 1.14 bits per heavy atom. The van der Waals surface area contributed by atoms with Crippen LogP contribution in [0.3, 0.4) is 0 Å². The number of halogens is 4. The zero-order valence-electron chi connectivity index (χ0n) is 15.1. The van der Waals surface area contributed by atoms with Gasteiger partial charge in [0.2, 0.25) is 0 Å². The summed E-state index contributed by atoms with van der Waals surface area (Å²) in [5.74, 6) is -0.172. The molecule has 3 heterocycles. The second-order valence-electron chi connectivity index (χ2n) is 6.81. The number of nitrogens with one attached hydrogen (secondary N) is 1. The molecule has 5 nitrogen and oxygen atoms in total. The third-order valence-corrected chi connectivity index (χ3v) is 4.84. The quantitative estimate of drug-likeness (QED) is 0.679. The van der Waals surface area contributed by atoms with Gasteiger partial charge in [0.25, 0.3) is 5.56 Å². The van der Waals surface area contributed by atoms with Crippen LogP contribution in [0.15, 0.2) is 47.4 Å². The fourth-order valence-electron chi connectivity index (χ4n) is 3.32. The summed E-state index contributed by atoms with van der Waals surface area (Å²) in [6, 6.07) is 7.33. The molecule has 0 saturated carbocycles. The third-order valence-electron chi connectivity index (χ3n) is 4.84. The lowest BCUT2D eigenvalue weighted by atomic mass is 10.1. The van der Waals surface area contributed by atoms with Gasteiger partial charge in [-0.25, -0.2) is 9.37 Å². The SMILES string of the molecule is O=c1[nH]c(-c2ccc(C(F)(F)F)cc2)nc2c1CN(Cc1ncccc1F)CC2. The molecule has 0 fully saturated rings. The molecular weight excluding hydrogens is 388 g/mol. The molecule has 0 unspecified atom stereocenters. The van der Waals surface area contributed by atoms with Gasteiger partial charge in [0.15, 0.2) is 0 Å². The number of pyridine rings is 1. The fraction of sp³-hybridized carbons (Fsp3) is 0.250. The lowest BCUT2D eigenvalue weighted by Crippen LogP contribution is -2.35. The van der Waals surface area contributed by atoms with Crippen LogP contribution in [0.5, 0.6) is 0 Å². The minimum Gasteiger partial charge on any atom is -0.306 e. The van der Waals surface area contributed by atoms with Crippen LogP contribution in [0.4, 0.5) is 17.6 Å². The largest absolute Gasteiger partial charge is 0.416 e. The molecule has 0 bridgehead atoms. The molecule has 1 aromatic carbocycles. The van der Waals surface area contributed by atoms with Crippen molar-refractivity contribution < 1.29 is 17.6 Å². The molecule has 0 aliphatic carbocycles. The first kappa shape index (κ1) is 19.3. The lowest BCUT2D eigenvalue weighted by Gasteiger charge is -2.27. The van der Waals surface area contributed by atoms with Crippen molar-refractivity contribution in [3.63, 3.8) is 0 Å². The van der Waals surface area contributed by atoms with Crippen molar-refractivity contribution in [2.45, 2.75) is 25.7 Å². The van der Waals surface area contributed by atoms with Gasteiger partial charge in [-0.3, -0.25) is 14.7 Å². The van der Waals surface area contributed by atoms with Crippen LogP contribution in [0, 0.1) is 5.82 Å².